The van der Waals surface area contributed by atoms with Crippen molar-refractivity contribution in [3.63, 3.8) is 0 Å². The van der Waals surface area contributed by atoms with Crippen LogP contribution in [0.1, 0.15) is 48.0 Å². The molecular formula is C19H23N3O4S. The third-order valence-corrected chi connectivity index (χ3v) is 6.60. The van der Waals surface area contributed by atoms with Crippen LogP contribution in [-0.4, -0.2) is 35.4 Å². The molecule has 1 aliphatic rings. The zero-order valence-electron chi connectivity index (χ0n) is 15.6. The molecule has 2 heterocycles. The molecule has 8 heteroatoms. The molecule has 0 fully saturated rings. The number of fused-ring (bicyclic) bond motifs is 1. The standard InChI is InChI=1S/C19H23N3O4S/c1-19(2,3)15-4-6-16(7-5-15)27(25,26)22-9-8-13-10-14(18(23)21-24)11-20-17(13)12-22/h4-7,10-11,24H,8-9,12H2,1-3H3,(H,21,23). The van der Waals surface area contributed by atoms with Gasteiger partial charge in [-0.05, 0) is 41.2 Å². The second-order valence-corrected chi connectivity index (χ2v) is 9.57. The lowest BCUT2D eigenvalue weighted by Gasteiger charge is -2.28. The number of sulfonamides is 1. The molecule has 1 amide bonds. The zero-order valence-corrected chi connectivity index (χ0v) is 16.4. The van der Waals surface area contributed by atoms with Crippen molar-refractivity contribution < 1.29 is 18.4 Å². The summed E-state index contributed by atoms with van der Waals surface area (Å²) in [7, 11) is -3.62. The molecule has 1 aromatic carbocycles. The summed E-state index contributed by atoms with van der Waals surface area (Å²) in [6, 6.07) is 8.63. The minimum atomic E-state index is -3.62. The van der Waals surface area contributed by atoms with Gasteiger partial charge in [0.2, 0.25) is 10.0 Å². The lowest BCUT2D eigenvalue weighted by molar-refractivity contribution is 0.0705. The van der Waals surface area contributed by atoms with E-state index in [9.17, 15) is 13.2 Å². The van der Waals surface area contributed by atoms with Crippen molar-refractivity contribution in [3.8, 4) is 0 Å². The summed E-state index contributed by atoms with van der Waals surface area (Å²) in [6.45, 7) is 6.70. The van der Waals surface area contributed by atoms with Gasteiger partial charge >= 0.3 is 0 Å². The van der Waals surface area contributed by atoms with Crippen molar-refractivity contribution in [1.29, 1.82) is 0 Å². The number of carbonyl (C=O) groups is 1. The molecule has 3 rings (SSSR count). The molecule has 0 unspecified atom stereocenters. The van der Waals surface area contributed by atoms with E-state index in [1.807, 2.05) is 12.1 Å². The van der Waals surface area contributed by atoms with Gasteiger partial charge in [-0.25, -0.2) is 13.9 Å². The molecule has 0 spiro atoms. The van der Waals surface area contributed by atoms with Gasteiger partial charge in [0.25, 0.3) is 5.91 Å². The first kappa shape index (κ1) is 19.5. The predicted molar refractivity (Wildman–Crippen MR) is 99.9 cm³/mol. The van der Waals surface area contributed by atoms with Crippen LogP contribution in [0.3, 0.4) is 0 Å². The van der Waals surface area contributed by atoms with E-state index in [-0.39, 0.29) is 22.4 Å². The van der Waals surface area contributed by atoms with E-state index in [0.717, 1.165) is 11.1 Å². The van der Waals surface area contributed by atoms with Crippen LogP contribution in [0.15, 0.2) is 41.4 Å². The number of nitrogens with zero attached hydrogens (tertiary/aromatic N) is 2. The van der Waals surface area contributed by atoms with Crippen molar-refractivity contribution in [2.24, 2.45) is 0 Å². The first-order chi connectivity index (χ1) is 12.6. The van der Waals surface area contributed by atoms with Gasteiger partial charge in [0.1, 0.15) is 0 Å². The fourth-order valence-corrected chi connectivity index (χ4v) is 4.46. The van der Waals surface area contributed by atoms with E-state index in [1.165, 1.54) is 10.5 Å². The van der Waals surface area contributed by atoms with Crippen molar-refractivity contribution in [2.45, 2.75) is 44.0 Å². The van der Waals surface area contributed by atoms with Crippen molar-refractivity contribution in [1.82, 2.24) is 14.8 Å². The van der Waals surface area contributed by atoms with E-state index < -0.39 is 15.9 Å². The normalized spacial score (nSPS) is 15.3. The summed E-state index contributed by atoms with van der Waals surface area (Å²) in [5.74, 6) is -0.640. The Morgan fingerprint density at radius 1 is 1.22 bits per heavy atom. The maximum absolute atomic E-state index is 13.0. The van der Waals surface area contributed by atoms with E-state index in [0.29, 0.717) is 18.7 Å². The fourth-order valence-electron chi connectivity index (χ4n) is 3.06. The minimum Gasteiger partial charge on any atom is -0.288 e. The van der Waals surface area contributed by atoms with Crippen LogP contribution in [0, 0.1) is 0 Å². The summed E-state index contributed by atoms with van der Waals surface area (Å²) in [4.78, 5) is 16.0. The van der Waals surface area contributed by atoms with Gasteiger partial charge in [-0.15, -0.1) is 0 Å². The third-order valence-electron chi connectivity index (χ3n) is 4.74. The van der Waals surface area contributed by atoms with Crippen molar-refractivity contribution in [3.05, 3.63) is 58.9 Å². The summed E-state index contributed by atoms with van der Waals surface area (Å²) in [5.41, 5.74) is 4.26. The van der Waals surface area contributed by atoms with Gasteiger partial charge in [0.15, 0.2) is 0 Å². The highest BCUT2D eigenvalue weighted by atomic mass is 32.2. The van der Waals surface area contributed by atoms with Crippen molar-refractivity contribution in [2.75, 3.05) is 6.54 Å². The molecular weight excluding hydrogens is 366 g/mol. The van der Waals surface area contributed by atoms with E-state index >= 15 is 0 Å². The maximum Gasteiger partial charge on any atom is 0.276 e. The molecule has 27 heavy (non-hydrogen) atoms. The Hall–Kier alpha value is -2.29. The third kappa shape index (κ3) is 3.87. The zero-order chi connectivity index (χ0) is 19.8. The van der Waals surface area contributed by atoms with Crippen LogP contribution >= 0.6 is 0 Å². The maximum atomic E-state index is 13.0. The molecule has 0 radical (unpaired) electrons. The van der Waals surface area contributed by atoms with E-state index in [1.54, 1.807) is 23.7 Å². The summed E-state index contributed by atoms with van der Waals surface area (Å²) in [5, 5.41) is 8.72. The van der Waals surface area contributed by atoms with E-state index in [4.69, 9.17) is 5.21 Å². The number of carbonyl (C=O) groups excluding carboxylic acids is 1. The average Bonchev–Trinajstić information content (AvgIpc) is 2.65. The number of pyridine rings is 1. The summed E-state index contributed by atoms with van der Waals surface area (Å²) < 4.78 is 27.4. The molecule has 0 saturated heterocycles. The van der Waals surface area contributed by atoms with Gasteiger partial charge in [0, 0.05) is 12.7 Å². The number of hydrogen-bond donors (Lipinski definition) is 2. The van der Waals surface area contributed by atoms with Crippen LogP contribution < -0.4 is 5.48 Å². The van der Waals surface area contributed by atoms with Crippen LogP contribution in [0.5, 0.6) is 0 Å². The highest BCUT2D eigenvalue weighted by molar-refractivity contribution is 7.89. The van der Waals surface area contributed by atoms with Crippen LogP contribution in [-0.2, 0) is 28.4 Å². The molecule has 2 N–H and O–H groups in total. The van der Waals surface area contributed by atoms with Crippen molar-refractivity contribution >= 4 is 15.9 Å². The number of nitrogens with one attached hydrogen (secondary N) is 1. The first-order valence-corrected chi connectivity index (χ1v) is 10.1. The Labute approximate surface area is 159 Å². The molecule has 2 aromatic rings. The fraction of sp³-hybridized carbons (Fsp3) is 0.368. The second kappa shape index (κ2) is 7.03. The average molecular weight is 389 g/mol. The lowest BCUT2D eigenvalue weighted by atomic mass is 9.87. The van der Waals surface area contributed by atoms with Gasteiger partial charge in [0.05, 0.1) is 22.7 Å². The molecule has 1 aromatic heterocycles. The largest absolute Gasteiger partial charge is 0.288 e. The Morgan fingerprint density at radius 3 is 2.48 bits per heavy atom. The number of amides is 1. The Balaban J connectivity index is 1.84. The van der Waals surface area contributed by atoms with Crippen LogP contribution in [0.4, 0.5) is 0 Å². The van der Waals surface area contributed by atoms with Gasteiger partial charge in [-0.1, -0.05) is 32.9 Å². The number of aromatic nitrogens is 1. The molecule has 144 valence electrons. The molecule has 0 saturated carbocycles. The molecule has 7 nitrogen and oxygen atoms in total. The van der Waals surface area contributed by atoms with Gasteiger partial charge < -0.3 is 0 Å². The highest BCUT2D eigenvalue weighted by Gasteiger charge is 2.29. The van der Waals surface area contributed by atoms with E-state index in [2.05, 4.69) is 25.8 Å². The molecule has 1 aliphatic heterocycles. The minimum absolute atomic E-state index is 0.0468. The summed E-state index contributed by atoms with van der Waals surface area (Å²) >= 11 is 0. The Bertz CT molecular complexity index is 963. The number of benzene rings is 1. The highest BCUT2D eigenvalue weighted by Crippen LogP contribution is 2.27. The number of hydroxylamine groups is 1. The Kier molecular flexibility index (Phi) is 5.07. The first-order valence-electron chi connectivity index (χ1n) is 8.66. The predicted octanol–water partition coefficient (Wildman–Crippen LogP) is 2.25. The topological polar surface area (TPSA) is 99.6 Å². The SMILES string of the molecule is CC(C)(C)c1ccc(S(=O)(=O)N2CCc3cc(C(=O)NO)cnc3C2)cc1. The summed E-state index contributed by atoms with van der Waals surface area (Å²) in [6.07, 6.45) is 1.78. The molecule has 0 aliphatic carbocycles. The molecule has 0 bridgehead atoms. The van der Waals surface area contributed by atoms with Crippen LogP contribution in [0.25, 0.3) is 0 Å². The van der Waals surface area contributed by atoms with Crippen LogP contribution in [0.2, 0.25) is 0 Å². The smallest absolute Gasteiger partial charge is 0.276 e. The monoisotopic (exact) mass is 389 g/mol. The molecule has 0 atom stereocenters. The quantitative estimate of drug-likeness (QED) is 0.620. The van der Waals surface area contributed by atoms with Gasteiger partial charge in [-0.3, -0.25) is 15.0 Å². The lowest BCUT2D eigenvalue weighted by Crippen LogP contribution is -2.36. The number of rotatable bonds is 3. The second-order valence-electron chi connectivity index (χ2n) is 7.63. The van der Waals surface area contributed by atoms with Gasteiger partial charge in [-0.2, -0.15) is 4.31 Å². The Morgan fingerprint density at radius 2 is 1.89 bits per heavy atom. The number of hydrogen-bond acceptors (Lipinski definition) is 5.